The lowest BCUT2D eigenvalue weighted by Gasteiger charge is -2.24. The van der Waals surface area contributed by atoms with E-state index in [1.165, 1.54) is 12.1 Å². The van der Waals surface area contributed by atoms with Crippen molar-refractivity contribution in [3.63, 3.8) is 0 Å². The maximum Gasteiger partial charge on any atom is 0.242 e. The monoisotopic (exact) mass is 378 g/mol. The highest BCUT2D eigenvalue weighted by molar-refractivity contribution is 6.12. The molecule has 2 aliphatic heterocycles. The molecule has 3 aromatic carbocycles. The van der Waals surface area contributed by atoms with Gasteiger partial charge in [-0.15, -0.1) is 0 Å². The molecule has 1 atom stereocenters. The van der Waals surface area contributed by atoms with Crippen molar-refractivity contribution in [3.8, 4) is 11.5 Å². The van der Waals surface area contributed by atoms with E-state index in [4.69, 9.17) is 9.47 Å². The standard InChI is InChI=1S/C23H18F2NO2/c1-14-10-15-11-21-22(28-13-27-21)12-17(15)23(16-6-2-3-7-18(16)24)26(14)20-9-5-4-8-19(20)25/h2-9,11-12,14H,10,13H2,1H3/q+1. The van der Waals surface area contributed by atoms with E-state index in [1.807, 2.05) is 23.6 Å². The van der Waals surface area contributed by atoms with Gasteiger partial charge in [-0.05, 0) is 42.8 Å². The van der Waals surface area contributed by atoms with E-state index in [2.05, 4.69) is 0 Å². The van der Waals surface area contributed by atoms with Crippen LogP contribution < -0.4 is 9.47 Å². The number of hydrogen-bond acceptors (Lipinski definition) is 2. The first-order valence-corrected chi connectivity index (χ1v) is 9.22. The second kappa shape index (κ2) is 6.44. The van der Waals surface area contributed by atoms with E-state index < -0.39 is 0 Å². The van der Waals surface area contributed by atoms with Crippen molar-refractivity contribution < 1.29 is 22.8 Å². The van der Waals surface area contributed by atoms with Crippen molar-refractivity contribution >= 4 is 11.4 Å². The average molecular weight is 378 g/mol. The van der Waals surface area contributed by atoms with Gasteiger partial charge >= 0.3 is 0 Å². The van der Waals surface area contributed by atoms with E-state index in [0.717, 1.165) is 11.1 Å². The lowest BCUT2D eigenvalue weighted by Crippen LogP contribution is -2.35. The number of ether oxygens (including phenoxy) is 2. The van der Waals surface area contributed by atoms with Gasteiger partial charge < -0.3 is 9.47 Å². The van der Waals surface area contributed by atoms with E-state index in [-0.39, 0.29) is 24.5 Å². The first kappa shape index (κ1) is 16.9. The van der Waals surface area contributed by atoms with Gasteiger partial charge in [-0.25, -0.2) is 4.39 Å². The summed E-state index contributed by atoms with van der Waals surface area (Å²) in [5.74, 6) is 0.623. The molecule has 3 nitrogen and oxygen atoms in total. The van der Waals surface area contributed by atoms with Gasteiger partial charge in [0.2, 0.25) is 18.2 Å². The zero-order valence-electron chi connectivity index (χ0n) is 15.3. The zero-order valence-corrected chi connectivity index (χ0v) is 15.3. The minimum Gasteiger partial charge on any atom is -0.454 e. The maximum absolute atomic E-state index is 14.9. The Kier molecular flexibility index (Phi) is 3.90. The van der Waals surface area contributed by atoms with E-state index in [1.54, 1.807) is 36.4 Å². The Morgan fingerprint density at radius 1 is 0.857 bits per heavy atom. The third-order valence-corrected chi connectivity index (χ3v) is 5.29. The smallest absolute Gasteiger partial charge is 0.242 e. The van der Waals surface area contributed by atoms with Gasteiger partial charge in [-0.3, -0.25) is 0 Å². The third kappa shape index (κ3) is 2.58. The first-order valence-electron chi connectivity index (χ1n) is 9.22. The summed E-state index contributed by atoms with van der Waals surface area (Å²) >= 11 is 0. The Balaban J connectivity index is 1.87. The molecule has 0 amide bonds. The highest BCUT2D eigenvalue weighted by Crippen LogP contribution is 2.39. The third-order valence-electron chi connectivity index (χ3n) is 5.29. The SMILES string of the molecule is CC1Cc2cc3c(cc2C(c2ccccc2F)=[N+]1c1ccccc1F)OCO3. The Labute approximate surface area is 161 Å². The molecule has 0 fully saturated rings. The van der Waals surface area contributed by atoms with Crippen LogP contribution in [0.15, 0.2) is 60.7 Å². The normalized spacial score (nSPS) is 17.6. The van der Waals surface area contributed by atoms with Gasteiger partial charge in [0.1, 0.15) is 5.82 Å². The van der Waals surface area contributed by atoms with Crippen molar-refractivity contribution in [1.82, 2.24) is 0 Å². The molecule has 0 aromatic heterocycles. The molecule has 0 spiro atoms. The fourth-order valence-corrected chi connectivity index (χ4v) is 4.07. The van der Waals surface area contributed by atoms with Crippen molar-refractivity contribution in [2.75, 3.05) is 6.79 Å². The van der Waals surface area contributed by atoms with E-state index in [0.29, 0.717) is 34.9 Å². The number of rotatable bonds is 2. The van der Waals surface area contributed by atoms with Crippen molar-refractivity contribution in [1.29, 1.82) is 0 Å². The summed E-state index contributed by atoms with van der Waals surface area (Å²) < 4.78 is 42.6. The Morgan fingerprint density at radius 2 is 1.54 bits per heavy atom. The number of benzene rings is 3. The van der Waals surface area contributed by atoms with Crippen LogP contribution in [0, 0.1) is 11.6 Å². The van der Waals surface area contributed by atoms with Crippen LogP contribution >= 0.6 is 0 Å². The molecule has 5 rings (SSSR count). The summed E-state index contributed by atoms with van der Waals surface area (Å²) in [6.45, 7) is 2.18. The zero-order chi connectivity index (χ0) is 19.3. The molecular formula is C23H18F2NO2+. The molecule has 0 saturated carbocycles. The topological polar surface area (TPSA) is 21.5 Å². The van der Waals surface area contributed by atoms with Crippen molar-refractivity contribution in [3.05, 3.63) is 89.0 Å². The van der Waals surface area contributed by atoms with Crippen LogP contribution in [0.3, 0.4) is 0 Å². The summed E-state index contributed by atoms with van der Waals surface area (Å²) in [7, 11) is 0. The molecule has 0 saturated heterocycles. The summed E-state index contributed by atoms with van der Waals surface area (Å²) in [6, 6.07) is 16.9. The fraction of sp³-hybridized carbons (Fsp3) is 0.174. The highest BCUT2D eigenvalue weighted by atomic mass is 19.1. The van der Waals surface area contributed by atoms with Gasteiger partial charge in [-0.2, -0.15) is 8.97 Å². The number of halogens is 2. The molecule has 3 aromatic rings. The van der Waals surface area contributed by atoms with E-state index in [9.17, 15) is 8.78 Å². The van der Waals surface area contributed by atoms with Gasteiger partial charge in [0.15, 0.2) is 23.4 Å². The molecular weight excluding hydrogens is 360 g/mol. The molecule has 2 heterocycles. The largest absolute Gasteiger partial charge is 0.454 e. The number of nitrogens with zero attached hydrogens (tertiary/aromatic N) is 1. The molecule has 0 aliphatic carbocycles. The Morgan fingerprint density at radius 3 is 2.29 bits per heavy atom. The molecule has 28 heavy (non-hydrogen) atoms. The second-order valence-corrected chi connectivity index (χ2v) is 7.07. The van der Waals surface area contributed by atoms with Crippen molar-refractivity contribution in [2.24, 2.45) is 0 Å². The molecule has 140 valence electrons. The molecule has 0 bridgehead atoms. The summed E-state index contributed by atoms with van der Waals surface area (Å²) in [6.07, 6.45) is 0.679. The summed E-state index contributed by atoms with van der Waals surface area (Å²) in [5, 5.41) is 0. The van der Waals surface area contributed by atoms with Crippen LogP contribution in [-0.2, 0) is 6.42 Å². The first-order chi connectivity index (χ1) is 13.6. The predicted molar refractivity (Wildman–Crippen MR) is 102 cm³/mol. The Bertz CT molecular complexity index is 1120. The van der Waals surface area contributed by atoms with Gasteiger partial charge in [0.25, 0.3) is 0 Å². The summed E-state index contributed by atoms with van der Waals surface area (Å²) in [4.78, 5) is 0. The van der Waals surface area contributed by atoms with Gasteiger partial charge in [0, 0.05) is 12.5 Å². The van der Waals surface area contributed by atoms with Crippen LogP contribution in [0.1, 0.15) is 23.6 Å². The fourth-order valence-electron chi connectivity index (χ4n) is 4.07. The van der Waals surface area contributed by atoms with Crippen LogP contribution in [0.5, 0.6) is 11.5 Å². The second-order valence-electron chi connectivity index (χ2n) is 7.07. The average Bonchev–Trinajstić information content (AvgIpc) is 3.14. The molecule has 0 radical (unpaired) electrons. The number of hydrogen-bond donors (Lipinski definition) is 0. The minimum atomic E-state index is -0.350. The van der Waals surface area contributed by atoms with E-state index >= 15 is 0 Å². The van der Waals surface area contributed by atoms with Crippen molar-refractivity contribution in [2.45, 2.75) is 19.4 Å². The van der Waals surface area contributed by atoms with Crippen LogP contribution in [-0.4, -0.2) is 23.1 Å². The lowest BCUT2D eigenvalue weighted by atomic mass is 9.88. The number of para-hydroxylation sites is 1. The van der Waals surface area contributed by atoms with Crippen LogP contribution in [0.2, 0.25) is 0 Å². The molecule has 1 unspecified atom stereocenters. The lowest BCUT2D eigenvalue weighted by molar-refractivity contribution is -0.483. The maximum atomic E-state index is 14.9. The predicted octanol–water partition coefficient (Wildman–Crippen LogP) is 4.82. The molecule has 2 aliphatic rings. The quantitative estimate of drug-likeness (QED) is 0.597. The summed E-state index contributed by atoms with van der Waals surface area (Å²) in [5.41, 5.74) is 3.35. The Hall–Kier alpha value is -3.21. The number of fused-ring (bicyclic) bond motifs is 2. The molecule has 5 heteroatoms. The van der Waals surface area contributed by atoms with Gasteiger partial charge in [-0.1, -0.05) is 24.3 Å². The molecule has 0 N–H and O–H groups in total. The van der Waals surface area contributed by atoms with Gasteiger partial charge in [0.05, 0.1) is 11.1 Å². The highest BCUT2D eigenvalue weighted by Gasteiger charge is 2.37. The van der Waals surface area contributed by atoms with Crippen LogP contribution in [0.4, 0.5) is 14.5 Å². The minimum absolute atomic E-state index is 0.0700. The van der Waals surface area contributed by atoms with Crippen LogP contribution in [0.25, 0.3) is 0 Å².